The Bertz CT molecular complexity index is 799. The van der Waals surface area contributed by atoms with Crippen LogP contribution in [0.5, 0.6) is 0 Å². The molecule has 24 heavy (non-hydrogen) atoms. The molecule has 6 heteroatoms. The molecule has 0 aliphatic carbocycles. The summed E-state index contributed by atoms with van der Waals surface area (Å²) in [5.41, 5.74) is 2.48. The fourth-order valence-corrected chi connectivity index (χ4v) is 2.17. The second-order valence-corrected chi connectivity index (χ2v) is 5.38. The third-order valence-corrected chi connectivity index (χ3v) is 3.41. The Kier molecular flexibility index (Phi) is 5.32. The predicted octanol–water partition coefficient (Wildman–Crippen LogP) is 5.18. The zero-order valence-corrected chi connectivity index (χ0v) is 13.7. The van der Waals surface area contributed by atoms with E-state index in [4.69, 9.17) is 16.6 Å². The molecule has 0 radical (unpaired) electrons. The van der Waals surface area contributed by atoms with Crippen LogP contribution >= 0.6 is 12.2 Å². The smallest absolute Gasteiger partial charge is 0.171 e. The summed E-state index contributed by atoms with van der Waals surface area (Å²) in [5.74, 6) is 0.829. The van der Waals surface area contributed by atoms with Crippen LogP contribution < -0.4 is 10.6 Å². The second-order valence-electron chi connectivity index (χ2n) is 4.97. The maximum absolute atomic E-state index is 5.25. The van der Waals surface area contributed by atoms with Crippen LogP contribution in [0.4, 0.5) is 17.1 Å². The quantitative estimate of drug-likeness (QED) is 0.498. The van der Waals surface area contributed by atoms with E-state index in [1.807, 2.05) is 66.7 Å². The first-order valence-corrected chi connectivity index (χ1v) is 7.84. The van der Waals surface area contributed by atoms with Crippen LogP contribution in [0, 0.1) is 0 Å². The zero-order chi connectivity index (χ0) is 16.6. The summed E-state index contributed by atoms with van der Waals surface area (Å²) in [6.45, 7) is 0.544. The van der Waals surface area contributed by atoms with E-state index in [2.05, 4.69) is 20.9 Å². The lowest BCUT2D eigenvalue weighted by Crippen LogP contribution is -2.27. The molecule has 3 aromatic rings. The van der Waals surface area contributed by atoms with Crippen LogP contribution in [0.2, 0.25) is 0 Å². The van der Waals surface area contributed by atoms with Crippen LogP contribution in [0.1, 0.15) is 5.76 Å². The normalized spacial score (nSPS) is 10.7. The Morgan fingerprint density at radius 2 is 1.58 bits per heavy atom. The Morgan fingerprint density at radius 3 is 2.25 bits per heavy atom. The molecule has 0 unspecified atom stereocenters. The first kappa shape index (κ1) is 15.9. The maximum Gasteiger partial charge on any atom is 0.171 e. The SMILES string of the molecule is S=C(NCc1ccco1)Nc1ccc(N=Nc2ccccc2)cc1. The van der Waals surface area contributed by atoms with Gasteiger partial charge in [0, 0.05) is 5.69 Å². The summed E-state index contributed by atoms with van der Waals surface area (Å²) >= 11 is 5.25. The van der Waals surface area contributed by atoms with Crippen molar-refractivity contribution in [2.45, 2.75) is 6.54 Å². The number of nitrogens with one attached hydrogen (secondary N) is 2. The number of hydrogen-bond donors (Lipinski definition) is 2. The van der Waals surface area contributed by atoms with Crippen LogP contribution in [0.3, 0.4) is 0 Å². The Balaban J connectivity index is 1.52. The lowest BCUT2D eigenvalue weighted by molar-refractivity contribution is 0.503. The molecule has 0 spiro atoms. The summed E-state index contributed by atoms with van der Waals surface area (Å²) in [4.78, 5) is 0. The van der Waals surface area contributed by atoms with Gasteiger partial charge in [0.25, 0.3) is 0 Å². The van der Waals surface area contributed by atoms with Gasteiger partial charge in [0.1, 0.15) is 5.76 Å². The average molecular weight is 336 g/mol. The average Bonchev–Trinajstić information content (AvgIpc) is 3.14. The predicted molar refractivity (Wildman–Crippen MR) is 98.8 cm³/mol. The van der Waals surface area contributed by atoms with E-state index in [-0.39, 0.29) is 0 Å². The molecule has 0 aliphatic rings. The van der Waals surface area contributed by atoms with E-state index < -0.39 is 0 Å². The van der Waals surface area contributed by atoms with Gasteiger partial charge in [0.15, 0.2) is 5.11 Å². The van der Waals surface area contributed by atoms with Crippen molar-refractivity contribution in [3.8, 4) is 0 Å². The van der Waals surface area contributed by atoms with Gasteiger partial charge in [-0.1, -0.05) is 18.2 Å². The van der Waals surface area contributed by atoms with Gasteiger partial charge in [-0.05, 0) is 60.7 Å². The van der Waals surface area contributed by atoms with E-state index in [0.717, 1.165) is 22.8 Å². The fourth-order valence-electron chi connectivity index (χ4n) is 1.98. The number of hydrogen-bond acceptors (Lipinski definition) is 4. The number of furan rings is 1. The Labute approximate surface area is 145 Å². The highest BCUT2D eigenvalue weighted by Gasteiger charge is 2.00. The highest BCUT2D eigenvalue weighted by atomic mass is 32.1. The van der Waals surface area contributed by atoms with E-state index >= 15 is 0 Å². The monoisotopic (exact) mass is 336 g/mol. The van der Waals surface area contributed by atoms with Crippen molar-refractivity contribution < 1.29 is 4.42 Å². The van der Waals surface area contributed by atoms with Crippen molar-refractivity contribution >= 4 is 34.4 Å². The van der Waals surface area contributed by atoms with Gasteiger partial charge >= 0.3 is 0 Å². The number of rotatable bonds is 5. The molecule has 1 heterocycles. The van der Waals surface area contributed by atoms with E-state index in [0.29, 0.717) is 11.7 Å². The number of benzene rings is 2. The van der Waals surface area contributed by atoms with Crippen LogP contribution in [0.15, 0.2) is 87.6 Å². The summed E-state index contributed by atoms with van der Waals surface area (Å²) in [5, 5.41) is 15.1. The standard InChI is InChI=1S/C18H16N4OS/c24-18(19-13-17-7-4-12-23-17)20-14-8-10-16(11-9-14)22-21-15-5-2-1-3-6-15/h1-12H,13H2,(H2,19,20,24). The first-order chi connectivity index (χ1) is 11.8. The summed E-state index contributed by atoms with van der Waals surface area (Å²) < 4.78 is 5.24. The number of anilines is 1. The van der Waals surface area contributed by atoms with Gasteiger partial charge < -0.3 is 15.1 Å². The molecule has 0 saturated heterocycles. The molecule has 0 aliphatic heterocycles. The number of nitrogens with zero attached hydrogens (tertiary/aromatic N) is 2. The zero-order valence-electron chi connectivity index (χ0n) is 12.8. The van der Waals surface area contributed by atoms with Crippen molar-refractivity contribution in [1.82, 2.24) is 5.32 Å². The lowest BCUT2D eigenvalue weighted by atomic mass is 10.3. The number of thiocarbonyl (C=S) groups is 1. The lowest BCUT2D eigenvalue weighted by Gasteiger charge is -2.09. The summed E-state index contributed by atoms with van der Waals surface area (Å²) in [6.07, 6.45) is 1.64. The molecule has 2 N–H and O–H groups in total. The topological polar surface area (TPSA) is 61.9 Å². The first-order valence-electron chi connectivity index (χ1n) is 7.44. The molecule has 0 saturated carbocycles. The fraction of sp³-hybridized carbons (Fsp3) is 0.0556. The molecule has 5 nitrogen and oxygen atoms in total. The molecule has 1 aromatic heterocycles. The molecular weight excluding hydrogens is 320 g/mol. The van der Waals surface area contributed by atoms with Crippen molar-refractivity contribution in [1.29, 1.82) is 0 Å². The van der Waals surface area contributed by atoms with E-state index in [1.54, 1.807) is 6.26 Å². The Hall–Kier alpha value is -2.99. The van der Waals surface area contributed by atoms with Crippen LogP contribution in [-0.4, -0.2) is 5.11 Å². The highest BCUT2D eigenvalue weighted by Crippen LogP contribution is 2.19. The third kappa shape index (κ3) is 4.76. The van der Waals surface area contributed by atoms with Gasteiger partial charge in [-0.3, -0.25) is 0 Å². The van der Waals surface area contributed by atoms with Crippen molar-refractivity contribution in [3.05, 3.63) is 78.8 Å². The van der Waals surface area contributed by atoms with Gasteiger partial charge in [-0.2, -0.15) is 10.2 Å². The minimum absolute atomic E-state index is 0.532. The van der Waals surface area contributed by atoms with Crippen molar-refractivity contribution in [2.24, 2.45) is 10.2 Å². The molecule has 0 bridgehead atoms. The minimum Gasteiger partial charge on any atom is -0.467 e. The van der Waals surface area contributed by atoms with Crippen LogP contribution in [-0.2, 0) is 6.54 Å². The third-order valence-electron chi connectivity index (χ3n) is 3.17. The molecule has 120 valence electrons. The van der Waals surface area contributed by atoms with Crippen molar-refractivity contribution in [3.63, 3.8) is 0 Å². The molecule has 3 rings (SSSR count). The van der Waals surface area contributed by atoms with E-state index in [9.17, 15) is 0 Å². The highest BCUT2D eigenvalue weighted by molar-refractivity contribution is 7.80. The Morgan fingerprint density at radius 1 is 0.875 bits per heavy atom. The largest absolute Gasteiger partial charge is 0.467 e. The van der Waals surface area contributed by atoms with Gasteiger partial charge in [-0.15, -0.1) is 0 Å². The molecule has 0 fully saturated rings. The van der Waals surface area contributed by atoms with Gasteiger partial charge in [0.2, 0.25) is 0 Å². The molecule has 0 atom stereocenters. The molecular formula is C18H16N4OS. The van der Waals surface area contributed by atoms with Gasteiger partial charge in [-0.25, -0.2) is 0 Å². The van der Waals surface area contributed by atoms with Crippen LogP contribution in [0.25, 0.3) is 0 Å². The summed E-state index contributed by atoms with van der Waals surface area (Å²) in [6, 6.07) is 20.9. The number of azo groups is 1. The van der Waals surface area contributed by atoms with Crippen molar-refractivity contribution in [2.75, 3.05) is 5.32 Å². The molecule has 2 aromatic carbocycles. The minimum atomic E-state index is 0.532. The summed E-state index contributed by atoms with van der Waals surface area (Å²) in [7, 11) is 0. The van der Waals surface area contributed by atoms with E-state index in [1.165, 1.54) is 0 Å². The second kappa shape index (κ2) is 8.03. The van der Waals surface area contributed by atoms with Gasteiger partial charge in [0.05, 0.1) is 24.2 Å². The molecule has 0 amide bonds. The maximum atomic E-state index is 5.25.